The number of rotatable bonds is 5. The van der Waals surface area contributed by atoms with Crippen LogP contribution in [0.25, 0.3) is 0 Å². The van der Waals surface area contributed by atoms with Gasteiger partial charge < -0.3 is 5.73 Å². The summed E-state index contributed by atoms with van der Waals surface area (Å²) in [5.41, 5.74) is 10.2. The van der Waals surface area contributed by atoms with Crippen LogP contribution in [-0.4, -0.2) is 5.78 Å². The highest BCUT2D eigenvalue weighted by molar-refractivity contribution is 7.98. The Balaban J connectivity index is 1.67. The highest BCUT2D eigenvalue weighted by Crippen LogP contribution is 2.51. The van der Waals surface area contributed by atoms with Crippen molar-refractivity contribution in [3.8, 4) is 6.07 Å². The van der Waals surface area contributed by atoms with E-state index in [0.717, 1.165) is 39.3 Å². The Morgan fingerprint density at radius 1 is 1.07 bits per heavy atom. The number of carbonyl (C=O) groups is 1. The first-order valence-corrected chi connectivity index (χ1v) is 15.7. The fraction of sp³-hybridized carbons (Fsp3) is 0.294. The van der Waals surface area contributed by atoms with Crippen LogP contribution in [0.3, 0.4) is 0 Å². The number of ketones is 1. The van der Waals surface area contributed by atoms with Gasteiger partial charge in [-0.2, -0.15) is 18.4 Å². The lowest BCUT2D eigenvalue weighted by atomic mass is 9.68. The fourth-order valence-corrected chi connectivity index (χ4v) is 7.62. The molecule has 5 rings (SSSR count). The largest absolute Gasteiger partial charge is 0.416 e. The fourth-order valence-electron chi connectivity index (χ4n) is 6.06. The molecule has 2 N–H and O–H groups in total. The van der Waals surface area contributed by atoms with Gasteiger partial charge in [0.2, 0.25) is 0 Å². The van der Waals surface area contributed by atoms with Gasteiger partial charge in [-0.15, -0.1) is 11.8 Å². The summed E-state index contributed by atoms with van der Waals surface area (Å²) in [6, 6.07) is 16.3. The van der Waals surface area contributed by atoms with Gasteiger partial charge in [-0.3, -0.25) is 9.69 Å². The first kappa shape index (κ1) is 32.0. The molecular weight excluding hydrogens is 626 g/mol. The van der Waals surface area contributed by atoms with Crippen molar-refractivity contribution >= 4 is 46.4 Å². The second kappa shape index (κ2) is 11.8. The quantitative estimate of drug-likeness (QED) is 0.277. The molecule has 3 aromatic carbocycles. The lowest BCUT2D eigenvalue weighted by molar-refractivity contribution is -0.137. The molecule has 0 fully saturated rings. The van der Waals surface area contributed by atoms with Crippen LogP contribution >= 0.6 is 35.0 Å². The van der Waals surface area contributed by atoms with E-state index in [-0.39, 0.29) is 29.3 Å². The average molecular weight is 657 g/mol. The molecule has 44 heavy (non-hydrogen) atoms. The average Bonchev–Trinajstić information content (AvgIpc) is 2.93. The van der Waals surface area contributed by atoms with E-state index < -0.39 is 23.1 Å². The summed E-state index contributed by atoms with van der Waals surface area (Å²) in [4.78, 5) is 16.3. The van der Waals surface area contributed by atoms with Gasteiger partial charge in [0, 0.05) is 39.0 Å². The minimum Gasteiger partial charge on any atom is -0.384 e. The molecule has 0 saturated carbocycles. The zero-order chi connectivity index (χ0) is 32.1. The number of hydrogen-bond acceptors (Lipinski definition) is 5. The molecule has 0 amide bonds. The van der Waals surface area contributed by atoms with Crippen LogP contribution < -0.4 is 10.6 Å². The molecule has 3 aromatic rings. The lowest BCUT2D eigenvalue weighted by Gasteiger charge is -2.44. The summed E-state index contributed by atoms with van der Waals surface area (Å²) in [7, 11) is 0. The number of nitrogens with two attached hydrogens (primary N) is 1. The summed E-state index contributed by atoms with van der Waals surface area (Å²) in [5, 5.41) is 11.6. The van der Waals surface area contributed by atoms with Gasteiger partial charge >= 0.3 is 6.18 Å². The van der Waals surface area contributed by atoms with Crippen LogP contribution in [-0.2, 0) is 16.7 Å². The van der Waals surface area contributed by atoms with E-state index >= 15 is 0 Å². The number of hydrogen-bond donors (Lipinski definition) is 1. The smallest absolute Gasteiger partial charge is 0.384 e. The third-order valence-corrected chi connectivity index (χ3v) is 9.91. The van der Waals surface area contributed by atoms with E-state index in [0.29, 0.717) is 33.5 Å². The molecule has 1 aliphatic carbocycles. The highest BCUT2D eigenvalue weighted by atomic mass is 35.5. The number of anilines is 1. The van der Waals surface area contributed by atoms with Crippen molar-refractivity contribution in [3.63, 3.8) is 0 Å². The second-order valence-electron chi connectivity index (χ2n) is 12.0. The number of thioether (sulfide) groups is 1. The molecule has 2 aliphatic rings. The monoisotopic (exact) mass is 655 g/mol. The molecule has 10 heteroatoms. The molecule has 1 atom stereocenters. The van der Waals surface area contributed by atoms with E-state index in [1.165, 1.54) is 28.8 Å². The van der Waals surface area contributed by atoms with Gasteiger partial charge in [-0.05, 0) is 84.3 Å². The van der Waals surface area contributed by atoms with Crippen LogP contribution in [0, 0.1) is 30.6 Å². The van der Waals surface area contributed by atoms with Gasteiger partial charge in [0.25, 0.3) is 0 Å². The second-order valence-corrected chi connectivity index (χ2v) is 13.9. The Labute approximate surface area is 269 Å². The molecule has 0 bridgehead atoms. The number of Topliss-reactive ketones (excluding diaryl/α,β-unsaturated/α-hetero) is 1. The zero-order valence-electron chi connectivity index (χ0n) is 24.6. The minimum absolute atomic E-state index is 0.0164. The van der Waals surface area contributed by atoms with Gasteiger partial charge in [0.15, 0.2) is 5.78 Å². The number of carbonyl (C=O) groups excluding carboxylic acids is 1. The molecule has 0 spiro atoms. The number of aryl methyl sites for hydroxylation is 2. The SMILES string of the molecule is Cc1cc(C)c(C2C(C#N)=C(N)N(c3cccc(C(F)(F)F)c3)C3=C2C(=O)CC(C)(C)C3)cc1CSc1cc(Cl)ccc1Cl. The topological polar surface area (TPSA) is 70.1 Å². The number of allylic oxidation sites excluding steroid dienone is 3. The number of benzene rings is 3. The van der Waals surface area contributed by atoms with Crippen LogP contribution in [0.2, 0.25) is 10.0 Å². The van der Waals surface area contributed by atoms with Gasteiger partial charge in [0.1, 0.15) is 5.82 Å². The molecule has 228 valence electrons. The minimum atomic E-state index is -4.58. The summed E-state index contributed by atoms with van der Waals surface area (Å²) >= 11 is 14.1. The van der Waals surface area contributed by atoms with Gasteiger partial charge in [0.05, 0.1) is 28.1 Å². The van der Waals surface area contributed by atoms with Crippen molar-refractivity contribution in [2.75, 3.05) is 4.90 Å². The predicted octanol–water partition coefficient (Wildman–Crippen LogP) is 9.86. The Morgan fingerprint density at radius 3 is 2.48 bits per heavy atom. The first-order chi connectivity index (χ1) is 20.6. The molecule has 4 nitrogen and oxygen atoms in total. The highest BCUT2D eigenvalue weighted by Gasteiger charge is 2.45. The van der Waals surface area contributed by atoms with Crippen LogP contribution in [0.5, 0.6) is 0 Å². The van der Waals surface area contributed by atoms with E-state index in [4.69, 9.17) is 28.9 Å². The van der Waals surface area contributed by atoms with Crippen LogP contribution in [0.4, 0.5) is 18.9 Å². The Hall–Kier alpha value is -3.38. The zero-order valence-corrected chi connectivity index (χ0v) is 26.9. The summed E-state index contributed by atoms with van der Waals surface area (Å²) < 4.78 is 41.1. The first-order valence-electron chi connectivity index (χ1n) is 13.9. The number of alkyl halides is 3. The molecular formula is C34H30Cl2F3N3OS. The molecule has 1 unspecified atom stereocenters. The summed E-state index contributed by atoms with van der Waals surface area (Å²) in [6.07, 6.45) is -3.95. The predicted molar refractivity (Wildman–Crippen MR) is 170 cm³/mol. The van der Waals surface area contributed by atoms with Crippen molar-refractivity contribution in [2.45, 2.75) is 63.3 Å². The van der Waals surface area contributed by atoms with Crippen LogP contribution in [0.1, 0.15) is 60.4 Å². The van der Waals surface area contributed by atoms with Gasteiger partial charge in [-0.25, -0.2) is 0 Å². The normalized spacial score (nSPS) is 18.4. The maximum absolute atomic E-state index is 14.0. The van der Waals surface area contributed by atoms with Gasteiger partial charge in [-0.1, -0.05) is 55.2 Å². The third-order valence-electron chi connectivity index (χ3n) is 8.12. The Bertz CT molecular complexity index is 1790. The van der Waals surface area contributed by atoms with Crippen molar-refractivity contribution in [2.24, 2.45) is 11.1 Å². The summed E-state index contributed by atoms with van der Waals surface area (Å²) in [5.74, 6) is -0.349. The molecule has 1 aliphatic heterocycles. The van der Waals surface area contributed by atoms with E-state index in [1.807, 2.05) is 39.8 Å². The van der Waals surface area contributed by atoms with E-state index in [1.54, 1.807) is 18.2 Å². The molecule has 0 saturated heterocycles. The van der Waals surface area contributed by atoms with Crippen LogP contribution in [0.15, 0.2) is 82.2 Å². The number of nitriles is 1. The number of halogens is 5. The summed E-state index contributed by atoms with van der Waals surface area (Å²) in [6.45, 7) is 7.81. The third kappa shape index (κ3) is 6.10. The Kier molecular flexibility index (Phi) is 8.62. The van der Waals surface area contributed by atoms with E-state index in [2.05, 4.69) is 6.07 Å². The molecule has 0 radical (unpaired) electrons. The maximum Gasteiger partial charge on any atom is 0.416 e. The Morgan fingerprint density at radius 2 is 1.80 bits per heavy atom. The van der Waals surface area contributed by atoms with Crippen molar-refractivity contribution in [3.05, 3.63) is 115 Å². The van der Waals surface area contributed by atoms with E-state index in [9.17, 15) is 23.2 Å². The van der Waals surface area contributed by atoms with Crippen molar-refractivity contribution < 1.29 is 18.0 Å². The molecule has 1 heterocycles. The number of nitrogens with zero attached hydrogens (tertiary/aromatic N) is 2. The standard InChI is InChI=1S/C34H30Cl2F3N3OS/c1-18-10-19(2)24(11-20(18)17-44-29-13-22(35)8-9-26(29)36)30-25(16-40)32(41)42(23-7-5-6-21(12-23)34(37,38)39)27-14-33(3,4)15-28(43)31(27)30/h5-13,30H,14-15,17,41H2,1-4H3. The van der Waals surface area contributed by atoms with Crippen molar-refractivity contribution in [1.29, 1.82) is 5.26 Å². The lowest BCUT2D eigenvalue weighted by Crippen LogP contribution is -2.42. The van der Waals surface area contributed by atoms with Crippen molar-refractivity contribution in [1.82, 2.24) is 0 Å². The molecule has 0 aromatic heterocycles. The maximum atomic E-state index is 14.0.